The van der Waals surface area contributed by atoms with Crippen LogP contribution < -0.4 is 5.32 Å². The number of hydrogen-bond acceptors (Lipinski definition) is 4. The zero-order valence-electron chi connectivity index (χ0n) is 11.3. The second-order valence-electron chi connectivity index (χ2n) is 5.71. The predicted molar refractivity (Wildman–Crippen MR) is 68.5 cm³/mol. The van der Waals surface area contributed by atoms with Gasteiger partial charge in [0, 0.05) is 32.7 Å². The third kappa shape index (κ3) is 2.47. The number of carbonyl (C=O) groups is 2. The number of ether oxygens (including phenoxy) is 1. The van der Waals surface area contributed by atoms with Gasteiger partial charge in [-0.15, -0.1) is 0 Å². The number of nitrogens with one attached hydrogen (secondary N) is 1. The zero-order chi connectivity index (χ0) is 13.4. The molecule has 0 radical (unpaired) electrons. The Morgan fingerprint density at radius 2 is 2.16 bits per heavy atom. The van der Waals surface area contributed by atoms with Crippen molar-refractivity contribution in [3.05, 3.63) is 0 Å². The molecule has 0 saturated carbocycles. The summed E-state index contributed by atoms with van der Waals surface area (Å²) >= 11 is 0. The molecule has 0 spiro atoms. The Hall–Kier alpha value is -1.14. The monoisotopic (exact) mass is 267 g/mol. The van der Waals surface area contributed by atoms with Gasteiger partial charge in [-0.05, 0) is 19.8 Å². The summed E-state index contributed by atoms with van der Waals surface area (Å²) < 4.78 is 5.75. The summed E-state index contributed by atoms with van der Waals surface area (Å²) in [5.74, 6) is -0.704. The predicted octanol–water partition coefficient (Wildman–Crippen LogP) is -0.803. The fourth-order valence-electron chi connectivity index (χ4n) is 3.21. The van der Waals surface area contributed by atoms with E-state index >= 15 is 0 Å². The molecule has 3 saturated heterocycles. The van der Waals surface area contributed by atoms with Gasteiger partial charge in [0.2, 0.25) is 0 Å². The minimum Gasteiger partial charge on any atom is -0.373 e. The molecule has 0 aromatic carbocycles. The maximum Gasteiger partial charge on any atom is 0.312 e. The van der Waals surface area contributed by atoms with Gasteiger partial charge in [-0.3, -0.25) is 9.59 Å². The number of hydrogen-bond donors (Lipinski definition) is 1. The maximum atomic E-state index is 12.1. The highest BCUT2D eigenvalue weighted by Gasteiger charge is 2.41. The van der Waals surface area contributed by atoms with Crippen molar-refractivity contribution in [2.75, 3.05) is 32.7 Å². The lowest BCUT2D eigenvalue weighted by atomic mass is 10.1. The van der Waals surface area contributed by atoms with E-state index in [9.17, 15) is 9.59 Å². The summed E-state index contributed by atoms with van der Waals surface area (Å²) in [6.45, 7) is 5.43. The van der Waals surface area contributed by atoms with Gasteiger partial charge in [-0.2, -0.15) is 0 Å². The van der Waals surface area contributed by atoms with E-state index in [1.54, 1.807) is 9.80 Å². The van der Waals surface area contributed by atoms with Crippen LogP contribution in [0.1, 0.15) is 19.8 Å². The van der Waals surface area contributed by atoms with Crippen LogP contribution in [0.15, 0.2) is 0 Å². The Bertz CT molecular complexity index is 385. The van der Waals surface area contributed by atoms with Crippen LogP contribution >= 0.6 is 0 Å². The molecule has 3 heterocycles. The molecule has 106 valence electrons. The van der Waals surface area contributed by atoms with Gasteiger partial charge in [0.25, 0.3) is 0 Å². The van der Waals surface area contributed by atoms with E-state index in [1.165, 1.54) is 0 Å². The maximum absolute atomic E-state index is 12.1. The summed E-state index contributed by atoms with van der Waals surface area (Å²) in [4.78, 5) is 27.6. The van der Waals surface area contributed by atoms with Gasteiger partial charge in [-0.1, -0.05) is 0 Å². The van der Waals surface area contributed by atoms with Gasteiger partial charge in [0.1, 0.15) is 0 Å². The molecule has 0 aromatic rings. The summed E-state index contributed by atoms with van der Waals surface area (Å²) in [6.07, 6.45) is 2.38. The quantitative estimate of drug-likeness (QED) is 0.665. The van der Waals surface area contributed by atoms with Gasteiger partial charge < -0.3 is 19.9 Å². The highest BCUT2D eigenvalue weighted by atomic mass is 16.5. The molecular weight excluding hydrogens is 246 g/mol. The SMILES string of the molecule is CC1CCC(CN2CC3CNCCN3C(=O)C2=O)O1. The highest BCUT2D eigenvalue weighted by molar-refractivity contribution is 6.35. The van der Waals surface area contributed by atoms with Crippen molar-refractivity contribution in [1.82, 2.24) is 15.1 Å². The molecule has 3 fully saturated rings. The van der Waals surface area contributed by atoms with Crippen molar-refractivity contribution in [2.45, 2.75) is 38.0 Å². The number of nitrogens with zero attached hydrogens (tertiary/aromatic N) is 2. The lowest BCUT2D eigenvalue weighted by Gasteiger charge is -2.43. The minimum atomic E-state index is -0.360. The molecule has 3 atom stereocenters. The van der Waals surface area contributed by atoms with Gasteiger partial charge >= 0.3 is 11.8 Å². The lowest BCUT2D eigenvalue weighted by Crippen LogP contribution is -2.66. The molecular formula is C13H21N3O3. The van der Waals surface area contributed by atoms with Crippen LogP contribution in [0.5, 0.6) is 0 Å². The number of piperazine rings is 2. The molecule has 3 aliphatic rings. The van der Waals surface area contributed by atoms with Crippen molar-refractivity contribution in [3.8, 4) is 0 Å². The van der Waals surface area contributed by atoms with Gasteiger partial charge in [-0.25, -0.2) is 0 Å². The Morgan fingerprint density at radius 3 is 2.89 bits per heavy atom. The Kier molecular flexibility index (Phi) is 3.45. The van der Waals surface area contributed by atoms with Crippen molar-refractivity contribution in [2.24, 2.45) is 0 Å². The van der Waals surface area contributed by atoms with E-state index in [0.29, 0.717) is 19.6 Å². The Balaban J connectivity index is 1.65. The Morgan fingerprint density at radius 1 is 1.32 bits per heavy atom. The highest BCUT2D eigenvalue weighted by Crippen LogP contribution is 2.22. The first-order chi connectivity index (χ1) is 9.15. The van der Waals surface area contributed by atoms with Crippen molar-refractivity contribution in [1.29, 1.82) is 0 Å². The van der Waals surface area contributed by atoms with Crippen LogP contribution in [0.4, 0.5) is 0 Å². The molecule has 1 N–H and O–H groups in total. The fourth-order valence-corrected chi connectivity index (χ4v) is 3.21. The van der Waals surface area contributed by atoms with Crippen LogP contribution in [0, 0.1) is 0 Å². The van der Waals surface area contributed by atoms with Gasteiger partial charge in [0.15, 0.2) is 0 Å². The van der Waals surface area contributed by atoms with Crippen LogP contribution in [-0.2, 0) is 14.3 Å². The van der Waals surface area contributed by atoms with E-state index in [0.717, 1.165) is 25.9 Å². The first-order valence-electron chi connectivity index (χ1n) is 7.11. The summed E-state index contributed by atoms with van der Waals surface area (Å²) in [5.41, 5.74) is 0. The summed E-state index contributed by atoms with van der Waals surface area (Å²) in [7, 11) is 0. The standard InChI is InChI=1S/C13H21N3O3/c1-9-2-3-11(19-9)8-15-7-10-6-14-4-5-16(10)13(18)12(15)17/h9-11,14H,2-8H2,1H3. The summed E-state index contributed by atoms with van der Waals surface area (Å²) in [5, 5.41) is 3.28. The Labute approximate surface area is 113 Å². The van der Waals surface area contributed by atoms with Crippen LogP contribution in [0.2, 0.25) is 0 Å². The first-order valence-corrected chi connectivity index (χ1v) is 7.11. The molecule has 3 rings (SSSR count). The molecule has 2 amide bonds. The van der Waals surface area contributed by atoms with E-state index in [-0.39, 0.29) is 30.1 Å². The average molecular weight is 267 g/mol. The van der Waals surface area contributed by atoms with Crippen LogP contribution in [0.25, 0.3) is 0 Å². The molecule has 0 bridgehead atoms. The van der Waals surface area contributed by atoms with E-state index in [1.807, 2.05) is 0 Å². The number of carbonyl (C=O) groups excluding carboxylic acids is 2. The topological polar surface area (TPSA) is 61.9 Å². The van der Waals surface area contributed by atoms with Crippen molar-refractivity contribution in [3.63, 3.8) is 0 Å². The first kappa shape index (κ1) is 12.9. The third-order valence-electron chi connectivity index (χ3n) is 4.26. The average Bonchev–Trinajstić information content (AvgIpc) is 2.81. The van der Waals surface area contributed by atoms with Crippen LogP contribution in [-0.4, -0.2) is 72.6 Å². The second-order valence-corrected chi connectivity index (χ2v) is 5.71. The normalized spacial score (nSPS) is 35.7. The van der Waals surface area contributed by atoms with E-state index < -0.39 is 0 Å². The third-order valence-corrected chi connectivity index (χ3v) is 4.26. The lowest BCUT2D eigenvalue weighted by molar-refractivity contribution is -0.161. The summed E-state index contributed by atoms with van der Waals surface area (Å²) in [6, 6.07) is 0.123. The van der Waals surface area contributed by atoms with Crippen molar-refractivity contribution < 1.29 is 14.3 Å². The number of rotatable bonds is 2. The van der Waals surface area contributed by atoms with E-state index in [2.05, 4.69) is 12.2 Å². The van der Waals surface area contributed by atoms with Crippen LogP contribution in [0.3, 0.4) is 0 Å². The van der Waals surface area contributed by atoms with E-state index in [4.69, 9.17) is 4.74 Å². The molecule has 0 aliphatic carbocycles. The molecule has 6 nitrogen and oxygen atoms in total. The molecule has 3 unspecified atom stereocenters. The number of amides is 2. The second kappa shape index (κ2) is 5.09. The van der Waals surface area contributed by atoms with Gasteiger partial charge in [0.05, 0.1) is 18.2 Å². The number of fused-ring (bicyclic) bond motifs is 1. The molecule has 0 aromatic heterocycles. The largest absolute Gasteiger partial charge is 0.373 e. The molecule has 6 heteroatoms. The molecule has 19 heavy (non-hydrogen) atoms. The smallest absolute Gasteiger partial charge is 0.312 e. The fraction of sp³-hybridized carbons (Fsp3) is 0.846. The molecule has 3 aliphatic heterocycles. The zero-order valence-corrected chi connectivity index (χ0v) is 11.3. The minimum absolute atomic E-state index is 0.0925. The van der Waals surface area contributed by atoms with Crippen molar-refractivity contribution >= 4 is 11.8 Å².